The van der Waals surface area contributed by atoms with Crippen LogP contribution in [0.5, 0.6) is 28.7 Å². The third kappa shape index (κ3) is 34.6. The van der Waals surface area contributed by atoms with E-state index in [0.29, 0.717) is 60.9 Å². The number of ketones is 2. The van der Waals surface area contributed by atoms with Gasteiger partial charge in [0, 0.05) is 23.6 Å². The monoisotopic (exact) mass is 1800 g/mol. The maximum Gasteiger partial charge on any atom is 0.450 e. The van der Waals surface area contributed by atoms with Crippen LogP contribution in [0.15, 0.2) is 176 Å². The molecule has 127 heavy (non-hydrogen) atoms. The van der Waals surface area contributed by atoms with Crippen LogP contribution in [-0.2, 0) is 91.1 Å². The number of hydrogen-bond acceptors (Lipinski definition) is 29. The van der Waals surface area contributed by atoms with Crippen LogP contribution in [0.25, 0.3) is 22.3 Å². The van der Waals surface area contributed by atoms with Crippen molar-refractivity contribution >= 4 is 63.3 Å². The Hall–Kier alpha value is -14.6. The van der Waals surface area contributed by atoms with Gasteiger partial charge in [0.05, 0.1) is 122 Å². The predicted octanol–water partition coefficient (Wildman–Crippen LogP) is 14.4. The molecule has 10 aromatic rings. The lowest BCUT2D eigenvalue weighted by Crippen LogP contribution is -2.29. The van der Waals surface area contributed by atoms with Gasteiger partial charge < -0.3 is 73.7 Å². The number of allylic oxidation sites excluding steroid dienone is 1. The van der Waals surface area contributed by atoms with Crippen LogP contribution in [0.1, 0.15) is 105 Å². The summed E-state index contributed by atoms with van der Waals surface area (Å²) in [4.78, 5) is 103. The van der Waals surface area contributed by atoms with E-state index in [0.717, 1.165) is 46.0 Å². The van der Waals surface area contributed by atoms with Gasteiger partial charge in [0.15, 0.2) is 17.1 Å². The molecule has 684 valence electrons. The van der Waals surface area contributed by atoms with Gasteiger partial charge in [-0.05, 0) is 140 Å². The SMILES string of the molecule is C=C(C[N+](=O)[O-])OC.CCOC(=O)C(=O)CC(=O)C(F)(F)F.CCOC(=O)c1cc(C(F)(F)F)nc(NCc2ccc(OC)cc2)c1[N+](=O)[O-].CCOC(=O)c1cc(C(F)(F)F)nc2c1ncn2Cc1ccc(OC)cc1.COc1ccc(CC/C(N)=C/[N+](=O)[O-])cc1.COc1ccc(CN)cc1.COc1ccc(Cn2cnc3c(CO)cc(C(F)(F)F)nc32)cc1. The molecule has 0 saturated heterocycles. The van der Waals surface area contributed by atoms with E-state index in [-0.39, 0.29) is 84.4 Å². The highest BCUT2D eigenvalue weighted by atomic mass is 19.4. The number of esters is 3. The second kappa shape index (κ2) is 50.2. The number of hydrogen-bond donors (Lipinski definition) is 4. The van der Waals surface area contributed by atoms with Gasteiger partial charge >= 0.3 is 48.3 Å². The van der Waals surface area contributed by atoms with Gasteiger partial charge in [-0.15, -0.1) is 0 Å². The molecule has 0 spiro atoms. The number of anilines is 1. The second-order valence-electron chi connectivity index (χ2n) is 25.2. The van der Waals surface area contributed by atoms with Crippen molar-refractivity contribution in [1.82, 2.24) is 34.1 Å². The van der Waals surface area contributed by atoms with Crippen molar-refractivity contribution in [2.75, 3.05) is 74.3 Å². The molecule has 6 N–H and O–H groups in total. The van der Waals surface area contributed by atoms with Gasteiger partial charge in [0.2, 0.25) is 17.4 Å². The van der Waals surface area contributed by atoms with Crippen molar-refractivity contribution in [1.29, 1.82) is 0 Å². The van der Waals surface area contributed by atoms with Gasteiger partial charge in [0.1, 0.15) is 62.4 Å². The number of imidazole rings is 2. The quantitative estimate of drug-likeness (QED) is 0.00475. The summed E-state index contributed by atoms with van der Waals surface area (Å²) in [7, 11) is 9.17. The number of aliphatic hydroxyl groups excluding tert-OH is 1. The molecular weight excluding hydrogens is 1720 g/mol. The first kappa shape index (κ1) is 105. The number of halogens is 12. The minimum absolute atomic E-state index is 0.0382. The zero-order valence-electron chi connectivity index (χ0n) is 69.0. The molecule has 5 heterocycles. The molecule has 0 aliphatic rings. The van der Waals surface area contributed by atoms with E-state index in [1.165, 1.54) is 57.0 Å². The fourth-order valence-electron chi connectivity index (χ4n) is 10.1. The number of nitrogens with one attached hydrogen (secondary N) is 1. The average Bonchev–Trinajstić information content (AvgIpc) is 1.60. The van der Waals surface area contributed by atoms with E-state index in [4.69, 9.17) is 39.9 Å². The summed E-state index contributed by atoms with van der Waals surface area (Å²) >= 11 is 0. The number of methoxy groups -OCH3 is 6. The minimum Gasteiger partial charge on any atom is -0.497 e. The maximum atomic E-state index is 13.2. The van der Waals surface area contributed by atoms with E-state index >= 15 is 0 Å². The highest BCUT2D eigenvalue weighted by molar-refractivity contribution is 6.37. The first-order valence-electron chi connectivity index (χ1n) is 36.7. The van der Waals surface area contributed by atoms with Gasteiger partial charge in [0.25, 0.3) is 12.7 Å². The van der Waals surface area contributed by atoms with Crippen molar-refractivity contribution in [2.24, 2.45) is 11.5 Å². The molecule has 0 aliphatic heterocycles. The summed E-state index contributed by atoms with van der Waals surface area (Å²) in [6, 6.07) is 37.8. The predicted molar refractivity (Wildman–Crippen MR) is 430 cm³/mol. The van der Waals surface area contributed by atoms with Crippen molar-refractivity contribution in [3.8, 4) is 28.7 Å². The molecule has 46 heteroatoms. The highest BCUT2D eigenvalue weighted by Crippen LogP contribution is 2.37. The molecule has 0 unspecified atom stereocenters. The Morgan fingerprint density at radius 1 is 0.535 bits per heavy atom. The number of ether oxygens (including phenoxy) is 9. The summed E-state index contributed by atoms with van der Waals surface area (Å²) in [5.41, 5.74) is 10.5. The number of nitrogens with zero attached hydrogens (tertiary/aromatic N) is 10. The summed E-state index contributed by atoms with van der Waals surface area (Å²) in [6.07, 6.45) is -16.0. The largest absolute Gasteiger partial charge is 0.497 e. The summed E-state index contributed by atoms with van der Waals surface area (Å²) in [5, 5.41) is 43.0. The molecule has 0 fully saturated rings. The number of aryl methyl sites for hydroxylation is 1. The molecule has 0 amide bonds. The number of benzene rings is 5. The van der Waals surface area contributed by atoms with E-state index < -0.39 is 116 Å². The number of carbonyl (C=O) groups excluding carboxylic acids is 5. The molecule has 5 aromatic heterocycles. The molecule has 10 rings (SSSR count). The zero-order chi connectivity index (χ0) is 95.1. The molecule has 0 aliphatic carbocycles. The van der Waals surface area contributed by atoms with Crippen LogP contribution in [0.3, 0.4) is 0 Å². The third-order valence-corrected chi connectivity index (χ3v) is 16.3. The topological polar surface area (TPSA) is 456 Å². The maximum absolute atomic E-state index is 13.2. The number of fused-ring (bicyclic) bond motifs is 2. The van der Waals surface area contributed by atoms with E-state index in [2.05, 4.69) is 51.0 Å². The number of Topliss-reactive ketones (excluding diaryl/α,β-unsaturated/α-hetero) is 2. The van der Waals surface area contributed by atoms with Crippen LogP contribution >= 0.6 is 0 Å². The Morgan fingerprint density at radius 3 is 1.29 bits per heavy atom. The Morgan fingerprint density at radius 2 is 0.921 bits per heavy atom. The van der Waals surface area contributed by atoms with Crippen LogP contribution in [0, 0.1) is 30.3 Å². The fourth-order valence-corrected chi connectivity index (χ4v) is 10.1. The molecule has 0 radical (unpaired) electrons. The highest BCUT2D eigenvalue weighted by Gasteiger charge is 2.42. The molecule has 0 bridgehead atoms. The van der Waals surface area contributed by atoms with Crippen LogP contribution in [0.4, 0.5) is 64.2 Å². The number of rotatable bonds is 30. The molecule has 34 nitrogen and oxygen atoms in total. The number of aromatic nitrogens is 7. The fraction of sp³-hybridized carbons (Fsp3) is 0.309. The number of nitro groups is 3. The van der Waals surface area contributed by atoms with Crippen molar-refractivity contribution in [3.05, 3.63) is 268 Å². The average molecular weight is 1800 g/mol. The summed E-state index contributed by atoms with van der Waals surface area (Å²) in [6.45, 7) is 7.59. The number of nitrogens with two attached hydrogens (primary N) is 2. The van der Waals surface area contributed by atoms with Crippen LogP contribution in [-0.4, -0.2) is 159 Å². The van der Waals surface area contributed by atoms with E-state index in [1.807, 2.05) is 60.7 Å². The van der Waals surface area contributed by atoms with Crippen molar-refractivity contribution < 1.29 is 139 Å². The minimum atomic E-state index is -5.10. The van der Waals surface area contributed by atoms with Crippen LogP contribution < -0.4 is 40.5 Å². The van der Waals surface area contributed by atoms with Crippen LogP contribution in [0.2, 0.25) is 0 Å². The van der Waals surface area contributed by atoms with Crippen molar-refractivity contribution in [3.63, 3.8) is 0 Å². The second-order valence-corrected chi connectivity index (χ2v) is 25.2. The first-order valence-corrected chi connectivity index (χ1v) is 36.7. The Kier molecular flexibility index (Phi) is 41.4. The number of alkyl halides is 12. The number of aliphatic hydroxyl groups is 1. The van der Waals surface area contributed by atoms with Gasteiger partial charge in [-0.2, -0.15) is 52.7 Å². The summed E-state index contributed by atoms with van der Waals surface area (Å²) in [5.74, 6) is -4.21. The zero-order valence-corrected chi connectivity index (χ0v) is 69.0. The Balaban J connectivity index is 0.000000322. The lowest BCUT2D eigenvalue weighted by Gasteiger charge is -2.13. The Labute approximate surface area is 714 Å². The summed E-state index contributed by atoms with van der Waals surface area (Å²) < 4.78 is 199. The number of pyridine rings is 3. The molecule has 5 aromatic carbocycles. The number of carbonyl (C=O) groups is 5. The smallest absolute Gasteiger partial charge is 0.450 e. The van der Waals surface area contributed by atoms with E-state index in [1.54, 1.807) is 88.9 Å². The normalized spacial score (nSPS) is 11.0. The Bertz CT molecular complexity index is 5330. The lowest BCUT2D eigenvalue weighted by atomic mass is 10.1. The van der Waals surface area contributed by atoms with Crippen molar-refractivity contribution in [2.45, 2.75) is 97.5 Å². The van der Waals surface area contributed by atoms with Gasteiger partial charge in [-0.25, -0.2) is 39.3 Å². The standard InChI is InChI=1S/C18H16F3N3O3.C17H16F3N3O5.C16H14F3N3O2.C11H14N2O3.C8H11NO.C7H7F3O4.C4H7NO3/c1-3-27-17(25)13-8-14(18(19,20)21)23-16-15(13)22-10-24(16)9-11-4-6-12(26-2)7-5-11;1-3-28-16(24)12-8-13(17(18,19)20)22-15(14(12)23(25)26)21-9-10-4-6-11(27-2)7-5-10;1-24-12-4-2-10(3-5-12)7-22-9-20-14-11(8-23)6-13(16(17,18)19)21-15(14)22;1-16-11-6-3-9(4-7-11)2-5-10(12)8-13(14)15;1-10-8-4-2-7(6-9)3-5-8;1-2-14-6(13)4(11)3-5(12)7(8,9)10;1-4(8-2)3-5(6)7/h4-8,10H,3,9H2,1-2H3;4-8H,3,9H2,1-2H3,(H,21,22);2-6,9,23H,7-8H2,1H3;3-4,6-8H,2,5,12H2,1H3;2-5H,6,9H2,1H3;2-3H2,1H3;1,3H2,2H3/b;;;10-8-;;;. The lowest BCUT2D eigenvalue weighted by molar-refractivity contribution is -0.474. The molecular formula is C81H85F12N13O21. The molecule has 0 atom stereocenters. The molecule has 0 saturated carbocycles. The van der Waals surface area contributed by atoms with E-state index in [9.17, 15) is 112 Å². The first-order chi connectivity index (χ1) is 59.8. The van der Waals surface area contributed by atoms with Gasteiger partial charge in [-0.1, -0.05) is 67.2 Å². The van der Waals surface area contributed by atoms with Gasteiger partial charge in [-0.3, -0.25) is 39.9 Å². The third-order valence-electron chi connectivity index (χ3n) is 16.3.